The van der Waals surface area contributed by atoms with Gasteiger partial charge in [0.25, 0.3) is 0 Å². The molecule has 3 unspecified atom stereocenters. The number of hydrogen-bond donors (Lipinski definition) is 1. The van der Waals surface area contributed by atoms with Gasteiger partial charge in [-0.2, -0.15) is 13.2 Å². The summed E-state index contributed by atoms with van der Waals surface area (Å²) in [5.41, 5.74) is 6.09. The van der Waals surface area contributed by atoms with Gasteiger partial charge in [-0.15, -0.1) is 0 Å². The largest absolute Gasteiger partial charge is 0.497 e. The summed E-state index contributed by atoms with van der Waals surface area (Å²) in [5.74, 6) is -2.53. The molecule has 2 rings (SSSR count). The van der Waals surface area contributed by atoms with Crippen molar-refractivity contribution >= 4 is 0 Å². The second-order valence-electron chi connectivity index (χ2n) is 5.51. The lowest BCUT2D eigenvalue weighted by Gasteiger charge is -2.36. The second kappa shape index (κ2) is 6.22. The Balaban J connectivity index is 2.26. The Morgan fingerprint density at radius 2 is 1.90 bits per heavy atom. The van der Waals surface area contributed by atoms with Gasteiger partial charge in [0.1, 0.15) is 11.6 Å². The van der Waals surface area contributed by atoms with Crippen LogP contribution in [0.3, 0.4) is 0 Å². The topological polar surface area (TPSA) is 35.2 Å². The van der Waals surface area contributed by atoms with Gasteiger partial charge in [0.15, 0.2) is 0 Å². The van der Waals surface area contributed by atoms with Crippen molar-refractivity contribution in [2.45, 2.75) is 37.9 Å². The van der Waals surface area contributed by atoms with Crippen LogP contribution in [0.1, 0.15) is 37.3 Å². The van der Waals surface area contributed by atoms with E-state index in [4.69, 9.17) is 10.5 Å². The Morgan fingerprint density at radius 3 is 2.48 bits per heavy atom. The van der Waals surface area contributed by atoms with Gasteiger partial charge < -0.3 is 10.5 Å². The van der Waals surface area contributed by atoms with Crippen LogP contribution >= 0.6 is 0 Å². The van der Waals surface area contributed by atoms with E-state index in [9.17, 15) is 17.6 Å². The molecule has 0 aliphatic heterocycles. The predicted molar refractivity (Wildman–Crippen MR) is 71.4 cm³/mol. The summed E-state index contributed by atoms with van der Waals surface area (Å²) in [6.45, 7) is 0. The maximum atomic E-state index is 14.0. The molecule has 0 amide bonds. The van der Waals surface area contributed by atoms with Gasteiger partial charge in [0.2, 0.25) is 0 Å². The summed E-state index contributed by atoms with van der Waals surface area (Å²) >= 11 is 0. The molecule has 1 aliphatic rings. The number of rotatable bonds is 3. The van der Waals surface area contributed by atoms with E-state index in [-0.39, 0.29) is 12.0 Å². The fraction of sp³-hybridized carbons (Fsp3) is 0.600. The summed E-state index contributed by atoms with van der Waals surface area (Å²) in [5, 5.41) is 0. The maximum Gasteiger partial charge on any atom is 0.392 e. The Morgan fingerprint density at radius 1 is 1.24 bits per heavy atom. The standard InChI is InChI=1S/C15H19F4NO/c1-21-9-6-7-11(13(16)8-9)14(20)10-4-2-3-5-12(10)15(17,18)19/h6-8,10,12,14H,2-5,20H2,1H3. The Kier molecular flexibility index (Phi) is 4.76. The number of nitrogens with two attached hydrogens (primary N) is 1. The van der Waals surface area contributed by atoms with Gasteiger partial charge in [-0.1, -0.05) is 18.9 Å². The zero-order chi connectivity index (χ0) is 15.6. The lowest BCUT2D eigenvalue weighted by Crippen LogP contribution is -2.39. The third-order valence-electron chi connectivity index (χ3n) is 4.27. The zero-order valence-electron chi connectivity index (χ0n) is 11.8. The highest BCUT2D eigenvalue weighted by Crippen LogP contribution is 2.46. The average Bonchev–Trinajstić information content (AvgIpc) is 2.45. The van der Waals surface area contributed by atoms with Crippen LogP contribution in [0.2, 0.25) is 0 Å². The molecule has 21 heavy (non-hydrogen) atoms. The Hall–Kier alpha value is -1.30. The van der Waals surface area contributed by atoms with Crippen LogP contribution < -0.4 is 10.5 Å². The second-order valence-corrected chi connectivity index (χ2v) is 5.51. The molecule has 1 fully saturated rings. The fourth-order valence-electron chi connectivity index (χ4n) is 3.13. The summed E-state index contributed by atoms with van der Waals surface area (Å²) in [4.78, 5) is 0. The van der Waals surface area contributed by atoms with Crippen LogP contribution in [-0.4, -0.2) is 13.3 Å². The summed E-state index contributed by atoms with van der Waals surface area (Å²) in [6.07, 6.45) is -2.61. The van der Waals surface area contributed by atoms with E-state index >= 15 is 0 Å². The van der Waals surface area contributed by atoms with Crippen molar-refractivity contribution in [3.63, 3.8) is 0 Å². The van der Waals surface area contributed by atoms with Gasteiger partial charge in [-0.25, -0.2) is 4.39 Å². The lowest BCUT2D eigenvalue weighted by molar-refractivity contribution is -0.198. The predicted octanol–water partition coefficient (Wildman–Crippen LogP) is 4.20. The molecular weight excluding hydrogens is 286 g/mol. The van der Waals surface area contributed by atoms with Crippen LogP contribution in [0, 0.1) is 17.7 Å². The van der Waals surface area contributed by atoms with Crippen molar-refractivity contribution in [2.24, 2.45) is 17.6 Å². The lowest BCUT2D eigenvalue weighted by atomic mass is 9.73. The first-order valence-corrected chi connectivity index (χ1v) is 7.00. The molecule has 6 heteroatoms. The van der Waals surface area contributed by atoms with Gasteiger partial charge in [0.05, 0.1) is 13.0 Å². The molecule has 0 aromatic heterocycles. The van der Waals surface area contributed by atoms with Gasteiger partial charge >= 0.3 is 6.18 Å². The molecule has 1 aromatic rings. The summed E-state index contributed by atoms with van der Waals surface area (Å²) < 4.78 is 58.3. The molecule has 0 radical (unpaired) electrons. The molecular formula is C15H19F4NO. The molecule has 1 aliphatic carbocycles. The molecule has 1 saturated carbocycles. The molecule has 2 N–H and O–H groups in total. The molecule has 1 aromatic carbocycles. The van der Waals surface area contributed by atoms with Crippen molar-refractivity contribution in [3.05, 3.63) is 29.6 Å². The minimum atomic E-state index is -4.29. The van der Waals surface area contributed by atoms with E-state index in [0.717, 1.165) is 6.07 Å². The van der Waals surface area contributed by atoms with Crippen LogP contribution in [0.25, 0.3) is 0 Å². The number of benzene rings is 1. The van der Waals surface area contributed by atoms with Crippen LogP contribution in [-0.2, 0) is 0 Å². The van der Waals surface area contributed by atoms with Crippen LogP contribution in [0.5, 0.6) is 5.75 Å². The molecule has 0 spiro atoms. The van der Waals surface area contributed by atoms with Gasteiger partial charge in [0, 0.05) is 17.7 Å². The van der Waals surface area contributed by atoms with Crippen molar-refractivity contribution < 1.29 is 22.3 Å². The minimum absolute atomic E-state index is 0.0691. The number of ether oxygens (including phenoxy) is 1. The van der Waals surface area contributed by atoms with Crippen LogP contribution in [0.15, 0.2) is 18.2 Å². The van der Waals surface area contributed by atoms with E-state index in [1.54, 1.807) is 0 Å². The maximum absolute atomic E-state index is 14.0. The zero-order valence-corrected chi connectivity index (χ0v) is 11.8. The minimum Gasteiger partial charge on any atom is -0.497 e. The molecule has 0 heterocycles. The summed E-state index contributed by atoms with van der Waals surface area (Å²) in [7, 11) is 1.40. The quantitative estimate of drug-likeness (QED) is 0.849. The van der Waals surface area contributed by atoms with E-state index in [1.165, 1.54) is 19.2 Å². The number of alkyl halides is 3. The first-order chi connectivity index (χ1) is 9.84. The first-order valence-electron chi connectivity index (χ1n) is 7.00. The van der Waals surface area contributed by atoms with Crippen LogP contribution in [0.4, 0.5) is 17.6 Å². The normalized spacial score (nSPS) is 24.7. The highest BCUT2D eigenvalue weighted by atomic mass is 19.4. The fourth-order valence-corrected chi connectivity index (χ4v) is 3.13. The highest BCUT2D eigenvalue weighted by molar-refractivity contribution is 5.31. The van der Waals surface area contributed by atoms with Crippen molar-refractivity contribution in [1.29, 1.82) is 0 Å². The van der Waals surface area contributed by atoms with Crippen molar-refractivity contribution in [1.82, 2.24) is 0 Å². The molecule has 2 nitrogen and oxygen atoms in total. The van der Waals surface area contributed by atoms with Crippen molar-refractivity contribution in [2.75, 3.05) is 7.11 Å². The number of halogens is 4. The smallest absolute Gasteiger partial charge is 0.392 e. The van der Waals surface area contributed by atoms with E-state index in [1.807, 2.05) is 0 Å². The monoisotopic (exact) mass is 305 g/mol. The van der Waals surface area contributed by atoms with Gasteiger partial charge in [-0.3, -0.25) is 0 Å². The Bertz CT molecular complexity index is 489. The van der Waals surface area contributed by atoms with E-state index in [0.29, 0.717) is 25.0 Å². The molecule has 118 valence electrons. The summed E-state index contributed by atoms with van der Waals surface area (Å²) in [6, 6.07) is 3.13. The molecule has 3 atom stereocenters. The van der Waals surface area contributed by atoms with Crippen molar-refractivity contribution in [3.8, 4) is 5.75 Å². The first kappa shape index (κ1) is 16.1. The van der Waals surface area contributed by atoms with E-state index in [2.05, 4.69) is 0 Å². The molecule has 0 saturated heterocycles. The number of methoxy groups -OCH3 is 1. The highest BCUT2D eigenvalue weighted by Gasteiger charge is 2.47. The third kappa shape index (κ3) is 3.48. The molecule has 0 bridgehead atoms. The third-order valence-corrected chi connectivity index (χ3v) is 4.27. The SMILES string of the molecule is COc1ccc(C(N)C2CCCCC2C(F)(F)F)c(F)c1. The number of hydrogen-bond acceptors (Lipinski definition) is 2. The average molecular weight is 305 g/mol. The Labute approximate surface area is 121 Å². The van der Waals surface area contributed by atoms with Gasteiger partial charge in [-0.05, 0) is 24.8 Å². The van der Waals surface area contributed by atoms with E-state index < -0.39 is 29.9 Å².